The minimum absolute atomic E-state index is 0.0650. The first kappa shape index (κ1) is 20.6. The lowest BCUT2D eigenvalue weighted by Gasteiger charge is -2.11. The van der Waals surface area contributed by atoms with Crippen molar-refractivity contribution in [2.45, 2.75) is 12.8 Å². The molecule has 4 rings (SSSR count). The van der Waals surface area contributed by atoms with Crippen molar-refractivity contribution in [1.29, 1.82) is 5.26 Å². The summed E-state index contributed by atoms with van der Waals surface area (Å²) in [7, 11) is 0. The number of hydrogen-bond donors (Lipinski definition) is 1. The Bertz CT molecular complexity index is 1270. The topological polar surface area (TPSA) is 74.6 Å². The zero-order chi connectivity index (χ0) is 22.0. The molecule has 1 N–H and O–H groups in total. The number of thiophene rings is 1. The van der Waals surface area contributed by atoms with Gasteiger partial charge in [0, 0.05) is 5.56 Å². The second-order valence-electron chi connectivity index (χ2n) is 6.46. The van der Waals surface area contributed by atoms with E-state index in [9.17, 15) is 22.8 Å². The molecule has 0 saturated heterocycles. The number of aromatic amines is 1. The highest BCUT2D eigenvalue weighted by Crippen LogP contribution is 2.38. The maximum absolute atomic E-state index is 13.6. The summed E-state index contributed by atoms with van der Waals surface area (Å²) in [4.78, 5) is 0.738. The van der Waals surface area contributed by atoms with Gasteiger partial charge in [-0.2, -0.15) is 28.7 Å². The molecule has 2 aromatic carbocycles. The Morgan fingerprint density at radius 3 is 2.71 bits per heavy atom. The van der Waals surface area contributed by atoms with Gasteiger partial charge in [0.15, 0.2) is 5.69 Å². The minimum Gasteiger partial charge on any atom is -0.489 e. The van der Waals surface area contributed by atoms with E-state index in [0.29, 0.717) is 17.5 Å². The molecular formula is C21H12F4N4OS. The van der Waals surface area contributed by atoms with Crippen LogP contribution in [0.1, 0.15) is 16.8 Å². The number of alkyl halides is 3. The van der Waals surface area contributed by atoms with Gasteiger partial charge in [-0.25, -0.2) is 4.39 Å². The van der Waals surface area contributed by atoms with Gasteiger partial charge in [0.1, 0.15) is 29.9 Å². The number of H-pyrrole nitrogens is 1. The number of hydrogen-bond acceptors (Lipinski definition) is 5. The molecule has 2 heterocycles. The Labute approximate surface area is 177 Å². The Morgan fingerprint density at radius 2 is 1.94 bits per heavy atom. The van der Waals surface area contributed by atoms with Crippen LogP contribution in [0, 0.1) is 17.1 Å². The molecule has 31 heavy (non-hydrogen) atoms. The van der Waals surface area contributed by atoms with E-state index in [1.807, 2.05) is 23.6 Å². The Balaban J connectivity index is 1.58. The third-order valence-corrected chi connectivity index (χ3v) is 5.29. The quantitative estimate of drug-likeness (QED) is 0.394. The van der Waals surface area contributed by atoms with E-state index in [-0.39, 0.29) is 17.9 Å². The van der Waals surface area contributed by atoms with Gasteiger partial charge >= 0.3 is 6.18 Å². The zero-order valence-corrected chi connectivity index (χ0v) is 16.4. The van der Waals surface area contributed by atoms with Crippen LogP contribution < -0.4 is 4.74 Å². The summed E-state index contributed by atoms with van der Waals surface area (Å²) in [5.74, 6) is -0.584. The van der Waals surface area contributed by atoms with Crippen molar-refractivity contribution >= 4 is 11.3 Å². The number of halogens is 4. The molecule has 0 aliphatic heterocycles. The fourth-order valence-electron chi connectivity index (χ4n) is 3.00. The van der Waals surface area contributed by atoms with Crippen LogP contribution in [0.5, 0.6) is 5.75 Å². The zero-order valence-electron chi connectivity index (χ0n) is 15.6. The van der Waals surface area contributed by atoms with Crippen molar-refractivity contribution in [2.24, 2.45) is 0 Å². The first-order chi connectivity index (χ1) is 14.8. The molecule has 0 amide bonds. The van der Waals surface area contributed by atoms with Crippen LogP contribution in [-0.2, 0) is 12.8 Å². The van der Waals surface area contributed by atoms with Gasteiger partial charge in [-0.3, -0.25) is 0 Å². The fraction of sp³-hybridized carbons (Fsp3) is 0.0952. The first-order valence-electron chi connectivity index (χ1n) is 8.84. The van der Waals surface area contributed by atoms with Crippen molar-refractivity contribution in [2.75, 3.05) is 0 Å². The predicted molar refractivity (Wildman–Crippen MR) is 106 cm³/mol. The summed E-state index contributed by atoms with van der Waals surface area (Å²) in [6.07, 6.45) is -4.64. The van der Waals surface area contributed by atoms with Crippen LogP contribution >= 0.6 is 11.3 Å². The fourth-order valence-corrected chi connectivity index (χ4v) is 3.91. The molecule has 0 saturated carbocycles. The van der Waals surface area contributed by atoms with E-state index in [0.717, 1.165) is 28.1 Å². The molecule has 156 valence electrons. The van der Waals surface area contributed by atoms with Gasteiger partial charge in [0.05, 0.1) is 10.4 Å². The monoisotopic (exact) mass is 444 g/mol. The maximum Gasteiger partial charge on any atom is 0.416 e. The molecule has 2 aromatic heterocycles. The van der Waals surface area contributed by atoms with Crippen LogP contribution in [0.2, 0.25) is 0 Å². The third kappa shape index (κ3) is 4.41. The van der Waals surface area contributed by atoms with Gasteiger partial charge in [-0.1, -0.05) is 12.1 Å². The average Bonchev–Trinajstić information content (AvgIpc) is 3.40. The lowest BCUT2D eigenvalue weighted by atomic mass is 10.0. The van der Waals surface area contributed by atoms with Crippen LogP contribution in [0.25, 0.3) is 21.7 Å². The minimum atomic E-state index is -4.64. The second-order valence-corrected chi connectivity index (χ2v) is 7.37. The highest BCUT2D eigenvalue weighted by atomic mass is 32.1. The molecule has 10 heteroatoms. The summed E-state index contributed by atoms with van der Waals surface area (Å²) < 4.78 is 57.9. The first-order valence-corrected chi connectivity index (χ1v) is 9.72. The van der Waals surface area contributed by atoms with E-state index < -0.39 is 17.6 Å². The largest absolute Gasteiger partial charge is 0.489 e. The number of nitriles is 1. The van der Waals surface area contributed by atoms with Crippen molar-refractivity contribution in [3.8, 4) is 33.5 Å². The third-order valence-electron chi connectivity index (χ3n) is 4.37. The SMILES string of the molecule is N#Cc1n[nH]nc1-c1sccc1-c1cccc(OCc2cc(F)cc(C(F)(F)F)c2)c1. The Hall–Kier alpha value is -3.71. The maximum atomic E-state index is 13.6. The summed E-state index contributed by atoms with van der Waals surface area (Å²) in [6.45, 7) is -0.233. The number of benzene rings is 2. The molecule has 0 aliphatic rings. The van der Waals surface area contributed by atoms with Crippen molar-refractivity contribution in [3.05, 3.63) is 76.5 Å². The molecular weight excluding hydrogens is 432 g/mol. The molecule has 0 spiro atoms. The molecule has 0 radical (unpaired) electrons. The highest BCUT2D eigenvalue weighted by Gasteiger charge is 2.31. The number of ether oxygens (including phenoxy) is 1. The predicted octanol–water partition coefficient (Wildman–Crippen LogP) is 5.81. The lowest BCUT2D eigenvalue weighted by molar-refractivity contribution is -0.137. The van der Waals surface area contributed by atoms with Gasteiger partial charge in [0.2, 0.25) is 0 Å². The molecule has 0 aliphatic carbocycles. The van der Waals surface area contributed by atoms with E-state index in [4.69, 9.17) is 4.74 Å². The smallest absolute Gasteiger partial charge is 0.416 e. The molecule has 0 unspecified atom stereocenters. The van der Waals surface area contributed by atoms with Gasteiger partial charge in [-0.05, 0) is 52.9 Å². The van der Waals surface area contributed by atoms with Crippen molar-refractivity contribution in [1.82, 2.24) is 15.4 Å². The molecule has 0 bridgehead atoms. The van der Waals surface area contributed by atoms with E-state index in [2.05, 4.69) is 15.4 Å². The second kappa shape index (κ2) is 8.20. The standard InChI is InChI=1S/C21H12F4N4OS/c22-15-7-12(6-14(9-15)21(23,24)25)11-30-16-3-1-2-13(8-16)17-4-5-31-20(17)19-18(10-26)27-29-28-19/h1-9H,11H2,(H,27,28,29). The average molecular weight is 444 g/mol. The van der Waals surface area contributed by atoms with E-state index >= 15 is 0 Å². The number of nitrogens with zero attached hydrogens (tertiary/aromatic N) is 3. The Kier molecular flexibility index (Phi) is 5.44. The van der Waals surface area contributed by atoms with Gasteiger partial charge in [-0.15, -0.1) is 16.4 Å². The molecule has 5 nitrogen and oxygen atoms in total. The van der Waals surface area contributed by atoms with Crippen LogP contribution in [0.15, 0.2) is 53.9 Å². The van der Waals surface area contributed by atoms with Crippen LogP contribution in [0.4, 0.5) is 17.6 Å². The Morgan fingerprint density at radius 1 is 1.10 bits per heavy atom. The normalized spacial score (nSPS) is 11.3. The van der Waals surface area contributed by atoms with Gasteiger partial charge < -0.3 is 4.74 Å². The van der Waals surface area contributed by atoms with E-state index in [1.165, 1.54) is 11.3 Å². The number of nitrogens with one attached hydrogen (secondary N) is 1. The number of rotatable bonds is 5. The number of aromatic nitrogens is 3. The highest BCUT2D eigenvalue weighted by molar-refractivity contribution is 7.14. The van der Waals surface area contributed by atoms with Crippen LogP contribution in [-0.4, -0.2) is 15.4 Å². The molecule has 0 fully saturated rings. The van der Waals surface area contributed by atoms with Crippen molar-refractivity contribution < 1.29 is 22.3 Å². The summed E-state index contributed by atoms with van der Waals surface area (Å²) >= 11 is 1.39. The molecule has 4 aromatic rings. The summed E-state index contributed by atoms with van der Waals surface area (Å²) in [6, 6.07) is 13.1. The summed E-state index contributed by atoms with van der Waals surface area (Å²) in [5.41, 5.74) is 1.15. The van der Waals surface area contributed by atoms with Gasteiger partial charge in [0.25, 0.3) is 0 Å². The lowest BCUT2D eigenvalue weighted by Crippen LogP contribution is -2.07. The van der Waals surface area contributed by atoms with Crippen molar-refractivity contribution in [3.63, 3.8) is 0 Å². The van der Waals surface area contributed by atoms with Crippen LogP contribution in [0.3, 0.4) is 0 Å². The molecule has 0 atom stereocenters. The summed E-state index contributed by atoms with van der Waals surface area (Å²) in [5, 5.41) is 21.3. The van der Waals surface area contributed by atoms with E-state index in [1.54, 1.807) is 18.2 Å².